The van der Waals surface area contributed by atoms with Gasteiger partial charge in [0.1, 0.15) is 11.6 Å². The van der Waals surface area contributed by atoms with Crippen LogP contribution < -0.4 is 4.90 Å². The van der Waals surface area contributed by atoms with Crippen LogP contribution in [0.4, 0.5) is 5.82 Å². The highest BCUT2D eigenvalue weighted by molar-refractivity contribution is 5.86. The van der Waals surface area contributed by atoms with Crippen molar-refractivity contribution in [2.24, 2.45) is 0 Å². The highest BCUT2D eigenvalue weighted by Crippen LogP contribution is 2.32. The minimum Gasteiger partial charge on any atom is -0.356 e. The Hall–Kier alpha value is -3.16. The maximum atomic E-state index is 4.86. The minimum atomic E-state index is -0.0148. The number of nitrogens with zero attached hydrogens (tertiary/aromatic N) is 8. The highest BCUT2D eigenvalue weighted by Gasteiger charge is 2.27. The fourth-order valence-electron chi connectivity index (χ4n) is 4.10. The van der Waals surface area contributed by atoms with Crippen molar-refractivity contribution < 1.29 is 0 Å². The van der Waals surface area contributed by atoms with Crippen LogP contribution in [0.15, 0.2) is 30.5 Å². The lowest BCUT2D eigenvalue weighted by atomic mass is 9.92. The summed E-state index contributed by atoms with van der Waals surface area (Å²) in [5.41, 5.74) is 2.59. The molecule has 0 amide bonds. The molecule has 154 valence electrons. The van der Waals surface area contributed by atoms with Crippen LogP contribution >= 0.6 is 0 Å². The van der Waals surface area contributed by atoms with Crippen LogP contribution in [0.3, 0.4) is 0 Å². The second kappa shape index (κ2) is 6.97. The lowest BCUT2D eigenvalue weighted by molar-refractivity contribution is 0.471. The molecule has 0 aromatic carbocycles. The molecule has 1 saturated heterocycles. The number of aryl methyl sites for hydroxylation is 1. The second-order valence-corrected chi connectivity index (χ2v) is 9.03. The maximum absolute atomic E-state index is 4.86. The predicted molar refractivity (Wildman–Crippen MR) is 116 cm³/mol. The summed E-state index contributed by atoms with van der Waals surface area (Å²) < 4.78 is 1.94. The van der Waals surface area contributed by atoms with Gasteiger partial charge in [0.15, 0.2) is 17.1 Å². The topological polar surface area (TPSA) is 85.0 Å². The molecule has 0 aliphatic carbocycles. The second-order valence-electron chi connectivity index (χ2n) is 9.03. The number of pyridine rings is 1. The molecule has 4 aromatic heterocycles. The molecular weight excluding hydrogens is 376 g/mol. The molecule has 5 heterocycles. The van der Waals surface area contributed by atoms with E-state index in [-0.39, 0.29) is 5.41 Å². The van der Waals surface area contributed by atoms with Crippen molar-refractivity contribution in [1.29, 1.82) is 0 Å². The van der Waals surface area contributed by atoms with Crippen molar-refractivity contribution in [1.82, 2.24) is 34.8 Å². The molecule has 5 rings (SSSR count). The van der Waals surface area contributed by atoms with E-state index in [1.165, 1.54) is 0 Å². The van der Waals surface area contributed by atoms with E-state index in [4.69, 9.17) is 10.1 Å². The summed E-state index contributed by atoms with van der Waals surface area (Å²) in [6.45, 7) is 10.2. The number of hydrogen-bond acceptors (Lipinski definition) is 7. The molecule has 0 saturated carbocycles. The maximum Gasteiger partial charge on any atom is 0.177 e. The number of fused-ring (bicyclic) bond motifs is 2. The van der Waals surface area contributed by atoms with Gasteiger partial charge in [0.25, 0.3) is 0 Å². The molecule has 0 atom stereocenters. The molecule has 1 aliphatic rings. The van der Waals surface area contributed by atoms with Gasteiger partial charge < -0.3 is 4.90 Å². The van der Waals surface area contributed by atoms with Crippen LogP contribution in [0, 0.1) is 6.92 Å². The molecule has 0 bridgehead atoms. The summed E-state index contributed by atoms with van der Waals surface area (Å²) in [7, 11) is 0. The third kappa shape index (κ3) is 3.26. The molecular formula is C22H26N8. The Labute approximate surface area is 175 Å². The van der Waals surface area contributed by atoms with Crippen LogP contribution in [-0.2, 0) is 5.41 Å². The summed E-state index contributed by atoms with van der Waals surface area (Å²) in [5, 5.41) is 14.7. The number of rotatable bonds is 2. The molecule has 0 N–H and O–H groups in total. The molecule has 4 aromatic rings. The summed E-state index contributed by atoms with van der Waals surface area (Å²) in [6, 6.07) is 8.06. The van der Waals surface area contributed by atoms with Crippen LogP contribution in [0.25, 0.3) is 16.7 Å². The largest absolute Gasteiger partial charge is 0.356 e. The monoisotopic (exact) mass is 402 g/mol. The Kier molecular flexibility index (Phi) is 4.38. The molecule has 1 fully saturated rings. The normalized spacial score (nSPS) is 15.9. The van der Waals surface area contributed by atoms with Crippen LogP contribution in [0.2, 0.25) is 0 Å². The number of aromatic nitrogens is 7. The van der Waals surface area contributed by atoms with E-state index in [0.29, 0.717) is 5.92 Å². The lowest BCUT2D eigenvalue weighted by Crippen LogP contribution is -2.34. The van der Waals surface area contributed by atoms with Gasteiger partial charge in [0.05, 0.1) is 11.1 Å². The van der Waals surface area contributed by atoms with E-state index >= 15 is 0 Å². The first kappa shape index (κ1) is 18.8. The van der Waals surface area contributed by atoms with Gasteiger partial charge in [-0.25, -0.2) is 15.0 Å². The highest BCUT2D eigenvalue weighted by atomic mass is 15.4. The lowest BCUT2D eigenvalue weighted by Gasteiger charge is -2.32. The third-order valence-corrected chi connectivity index (χ3v) is 5.78. The zero-order valence-corrected chi connectivity index (χ0v) is 17.9. The van der Waals surface area contributed by atoms with Crippen molar-refractivity contribution in [3.05, 3.63) is 47.8 Å². The molecule has 8 nitrogen and oxygen atoms in total. The zero-order chi connectivity index (χ0) is 20.9. The minimum absolute atomic E-state index is 0.0148. The van der Waals surface area contributed by atoms with Gasteiger partial charge >= 0.3 is 0 Å². The third-order valence-electron chi connectivity index (χ3n) is 5.78. The van der Waals surface area contributed by atoms with Crippen molar-refractivity contribution in [2.75, 3.05) is 18.0 Å². The van der Waals surface area contributed by atoms with Crippen molar-refractivity contribution >= 4 is 22.5 Å². The molecule has 8 heteroatoms. The van der Waals surface area contributed by atoms with Gasteiger partial charge in [0.2, 0.25) is 0 Å². The Morgan fingerprint density at radius 3 is 2.57 bits per heavy atom. The first-order chi connectivity index (χ1) is 14.4. The average molecular weight is 403 g/mol. The summed E-state index contributed by atoms with van der Waals surface area (Å²) in [4.78, 5) is 15.9. The number of hydrogen-bond donors (Lipinski definition) is 0. The zero-order valence-electron chi connectivity index (χ0n) is 17.9. The molecule has 0 spiro atoms. The SMILES string of the molecule is Cc1nc(N2CCC(c3nnc4ccc(C(C)(C)C)nn34)CC2)c2cccnc2n1. The fraction of sp³-hybridized carbons (Fsp3) is 0.455. The molecule has 0 unspecified atom stereocenters. The van der Waals surface area contributed by atoms with E-state index in [0.717, 1.165) is 65.8 Å². The van der Waals surface area contributed by atoms with Gasteiger partial charge in [-0.2, -0.15) is 9.61 Å². The van der Waals surface area contributed by atoms with Gasteiger partial charge in [-0.05, 0) is 44.0 Å². The smallest absolute Gasteiger partial charge is 0.177 e. The standard InChI is InChI=1S/C22H26N8/c1-14-24-19-16(6-5-11-23-19)21(25-14)29-12-9-15(10-13-29)20-27-26-18-8-7-17(22(2,3)4)28-30(18)20/h5-8,11,15H,9-10,12-13H2,1-4H3. The first-order valence-electron chi connectivity index (χ1n) is 10.5. The van der Waals surface area contributed by atoms with Crippen LogP contribution in [-0.4, -0.2) is 47.9 Å². The fourth-order valence-corrected chi connectivity index (χ4v) is 4.10. The van der Waals surface area contributed by atoms with Gasteiger partial charge in [-0.15, -0.1) is 10.2 Å². The van der Waals surface area contributed by atoms with E-state index in [2.05, 4.69) is 45.8 Å². The van der Waals surface area contributed by atoms with Crippen molar-refractivity contribution in [3.8, 4) is 0 Å². The van der Waals surface area contributed by atoms with Gasteiger partial charge in [0, 0.05) is 30.6 Å². The van der Waals surface area contributed by atoms with Crippen molar-refractivity contribution in [2.45, 2.75) is 51.9 Å². The molecule has 0 radical (unpaired) electrons. The first-order valence-corrected chi connectivity index (χ1v) is 10.5. The summed E-state index contributed by atoms with van der Waals surface area (Å²) in [6.07, 6.45) is 3.74. The van der Waals surface area contributed by atoms with E-state index < -0.39 is 0 Å². The quantitative estimate of drug-likeness (QED) is 0.508. The number of piperidine rings is 1. The van der Waals surface area contributed by atoms with Gasteiger partial charge in [-0.1, -0.05) is 20.8 Å². The van der Waals surface area contributed by atoms with E-state index in [9.17, 15) is 0 Å². The molecule has 30 heavy (non-hydrogen) atoms. The summed E-state index contributed by atoms with van der Waals surface area (Å²) >= 11 is 0. The Bertz CT molecular complexity index is 1210. The van der Waals surface area contributed by atoms with Crippen LogP contribution in [0.1, 0.15) is 56.9 Å². The average Bonchev–Trinajstić information content (AvgIpc) is 3.16. The Morgan fingerprint density at radius 2 is 1.80 bits per heavy atom. The predicted octanol–water partition coefficient (Wildman–Crippen LogP) is 3.45. The molecule has 1 aliphatic heterocycles. The Balaban J connectivity index is 1.42. The number of anilines is 1. The van der Waals surface area contributed by atoms with Crippen LogP contribution in [0.5, 0.6) is 0 Å². The van der Waals surface area contributed by atoms with E-state index in [1.54, 1.807) is 6.20 Å². The van der Waals surface area contributed by atoms with E-state index in [1.807, 2.05) is 35.7 Å². The van der Waals surface area contributed by atoms with Gasteiger partial charge in [-0.3, -0.25) is 0 Å². The Morgan fingerprint density at radius 1 is 1.00 bits per heavy atom. The van der Waals surface area contributed by atoms with Crippen molar-refractivity contribution in [3.63, 3.8) is 0 Å². The summed E-state index contributed by atoms with van der Waals surface area (Å²) in [5.74, 6) is 3.01.